The number of benzene rings is 2. The molecule has 0 saturated carbocycles. The summed E-state index contributed by atoms with van der Waals surface area (Å²) in [6, 6.07) is 18.9. The molecule has 1 aliphatic heterocycles. The molecule has 5 rings (SSSR count). The van der Waals surface area contributed by atoms with Gasteiger partial charge in [-0.15, -0.1) is 0 Å². The monoisotopic (exact) mass is 467 g/mol. The molecule has 144 valence electrons. The Balaban J connectivity index is 1.67. The van der Waals surface area contributed by atoms with Crippen LogP contribution in [0, 0.1) is 0 Å². The van der Waals surface area contributed by atoms with E-state index in [9.17, 15) is 4.79 Å². The van der Waals surface area contributed by atoms with Crippen molar-refractivity contribution in [3.05, 3.63) is 99.0 Å². The Morgan fingerprint density at radius 1 is 1.14 bits per heavy atom. The summed E-state index contributed by atoms with van der Waals surface area (Å²) in [7, 11) is 0. The van der Waals surface area contributed by atoms with E-state index in [0.717, 1.165) is 32.6 Å². The number of rotatable bonds is 4. The van der Waals surface area contributed by atoms with Crippen molar-refractivity contribution in [1.29, 1.82) is 0 Å². The minimum atomic E-state index is -0.287. The van der Waals surface area contributed by atoms with Gasteiger partial charge in [0.15, 0.2) is 0 Å². The zero-order valence-corrected chi connectivity index (χ0v) is 17.4. The first-order valence-corrected chi connectivity index (χ1v) is 10.2. The Kier molecular flexibility index (Phi) is 4.53. The van der Waals surface area contributed by atoms with Crippen LogP contribution in [0.1, 0.15) is 33.4 Å². The van der Waals surface area contributed by atoms with Crippen molar-refractivity contribution in [2.24, 2.45) is 0 Å². The molecule has 0 aliphatic carbocycles. The third kappa shape index (κ3) is 3.18. The predicted octanol–water partition coefficient (Wildman–Crippen LogP) is 5.83. The quantitative estimate of drug-likeness (QED) is 0.410. The molecule has 7 heteroatoms. The molecule has 0 saturated heterocycles. The van der Waals surface area contributed by atoms with Crippen molar-refractivity contribution in [2.45, 2.75) is 12.6 Å². The second kappa shape index (κ2) is 7.21. The van der Waals surface area contributed by atoms with Crippen molar-refractivity contribution in [2.75, 3.05) is 0 Å². The predicted molar refractivity (Wildman–Crippen MR) is 114 cm³/mol. The second-order valence-corrected chi connectivity index (χ2v) is 8.19. The first-order chi connectivity index (χ1) is 14.1. The molecule has 0 radical (unpaired) electrons. The van der Waals surface area contributed by atoms with E-state index in [1.165, 1.54) is 0 Å². The number of carbonyl (C=O) groups is 1. The topological polar surface area (TPSA) is 62.1 Å². The number of H-pyrrole nitrogens is 1. The highest BCUT2D eigenvalue weighted by atomic mass is 79.9. The molecule has 1 aliphatic rings. The van der Waals surface area contributed by atoms with Crippen LogP contribution in [-0.2, 0) is 6.54 Å². The number of aromatic nitrogens is 2. The number of amides is 1. The fourth-order valence-corrected chi connectivity index (χ4v) is 4.32. The number of furan rings is 1. The Bertz CT molecular complexity index is 1190. The number of aromatic amines is 1. The lowest BCUT2D eigenvalue weighted by molar-refractivity contribution is 0.0717. The van der Waals surface area contributed by atoms with E-state index < -0.39 is 0 Å². The fourth-order valence-electron chi connectivity index (χ4n) is 3.78. The number of nitrogens with one attached hydrogen (secondary N) is 1. The summed E-state index contributed by atoms with van der Waals surface area (Å²) < 4.78 is 6.46. The van der Waals surface area contributed by atoms with Crippen molar-refractivity contribution in [3.8, 4) is 11.3 Å². The van der Waals surface area contributed by atoms with E-state index in [1.807, 2.05) is 65.6 Å². The van der Waals surface area contributed by atoms with E-state index in [4.69, 9.17) is 16.0 Å². The molecule has 2 aromatic heterocycles. The van der Waals surface area contributed by atoms with Crippen LogP contribution >= 0.6 is 27.5 Å². The molecule has 0 bridgehead atoms. The lowest BCUT2D eigenvalue weighted by Crippen LogP contribution is -2.29. The van der Waals surface area contributed by atoms with E-state index in [-0.39, 0.29) is 11.9 Å². The van der Waals surface area contributed by atoms with Gasteiger partial charge in [-0.05, 0) is 42.0 Å². The van der Waals surface area contributed by atoms with Gasteiger partial charge in [0.05, 0.1) is 24.5 Å². The lowest BCUT2D eigenvalue weighted by atomic mass is 9.96. The van der Waals surface area contributed by atoms with Gasteiger partial charge in [0.1, 0.15) is 11.5 Å². The normalized spacial score (nSPS) is 15.7. The summed E-state index contributed by atoms with van der Waals surface area (Å²) in [5, 5.41) is 8.08. The zero-order valence-electron chi connectivity index (χ0n) is 15.1. The maximum Gasteiger partial charge on any atom is 0.273 e. The third-order valence-electron chi connectivity index (χ3n) is 5.05. The summed E-state index contributed by atoms with van der Waals surface area (Å²) in [4.78, 5) is 15.1. The third-order valence-corrected chi connectivity index (χ3v) is 5.80. The van der Waals surface area contributed by atoms with Crippen LogP contribution in [0.15, 0.2) is 75.8 Å². The first kappa shape index (κ1) is 18.2. The molecule has 29 heavy (non-hydrogen) atoms. The van der Waals surface area contributed by atoms with Crippen molar-refractivity contribution >= 4 is 33.4 Å². The second-order valence-electron chi connectivity index (χ2n) is 6.84. The SMILES string of the molecule is O=C1c2[nH]nc(-c3ccc(Cl)cc3)c2C(c2cccc(Br)c2)N1Cc1ccco1. The molecule has 1 unspecified atom stereocenters. The first-order valence-electron chi connectivity index (χ1n) is 9.05. The Morgan fingerprint density at radius 2 is 1.97 bits per heavy atom. The highest BCUT2D eigenvalue weighted by molar-refractivity contribution is 9.10. The van der Waals surface area contributed by atoms with Gasteiger partial charge in [-0.3, -0.25) is 9.89 Å². The van der Waals surface area contributed by atoms with Crippen molar-refractivity contribution in [1.82, 2.24) is 15.1 Å². The molecule has 0 fully saturated rings. The maximum atomic E-state index is 13.3. The van der Waals surface area contributed by atoms with Crippen LogP contribution in [0.2, 0.25) is 5.02 Å². The smallest absolute Gasteiger partial charge is 0.273 e. The van der Waals surface area contributed by atoms with Crippen LogP contribution in [0.3, 0.4) is 0 Å². The van der Waals surface area contributed by atoms with Gasteiger partial charge in [0.25, 0.3) is 5.91 Å². The van der Waals surface area contributed by atoms with Gasteiger partial charge in [0, 0.05) is 20.6 Å². The number of fused-ring (bicyclic) bond motifs is 1. The Morgan fingerprint density at radius 3 is 2.69 bits per heavy atom. The Labute approximate surface area is 180 Å². The van der Waals surface area contributed by atoms with Crippen LogP contribution in [-0.4, -0.2) is 21.0 Å². The van der Waals surface area contributed by atoms with Gasteiger partial charge < -0.3 is 9.32 Å². The molecule has 5 nitrogen and oxygen atoms in total. The van der Waals surface area contributed by atoms with Crippen LogP contribution in [0.25, 0.3) is 11.3 Å². The maximum absolute atomic E-state index is 13.3. The number of halogens is 2. The largest absolute Gasteiger partial charge is 0.467 e. The van der Waals surface area contributed by atoms with Crippen LogP contribution in [0.4, 0.5) is 0 Å². The summed E-state index contributed by atoms with van der Waals surface area (Å²) in [6.07, 6.45) is 1.62. The molecule has 1 amide bonds. The van der Waals surface area contributed by atoms with Gasteiger partial charge >= 0.3 is 0 Å². The van der Waals surface area contributed by atoms with Crippen LogP contribution in [0.5, 0.6) is 0 Å². The molecule has 1 N–H and O–H groups in total. The molecule has 4 aromatic rings. The van der Waals surface area contributed by atoms with Gasteiger partial charge in [-0.25, -0.2) is 0 Å². The van der Waals surface area contributed by atoms with Crippen molar-refractivity contribution in [3.63, 3.8) is 0 Å². The number of carbonyl (C=O) groups excluding carboxylic acids is 1. The average molecular weight is 469 g/mol. The van der Waals surface area contributed by atoms with E-state index in [1.54, 1.807) is 6.26 Å². The summed E-state index contributed by atoms with van der Waals surface area (Å²) in [6.45, 7) is 0.367. The van der Waals surface area contributed by atoms with Gasteiger partial charge in [-0.1, -0.05) is 51.8 Å². The zero-order chi connectivity index (χ0) is 20.0. The Hall–Kier alpha value is -2.83. The number of nitrogens with zero attached hydrogens (tertiary/aromatic N) is 2. The van der Waals surface area contributed by atoms with E-state index in [2.05, 4.69) is 26.1 Å². The molecular formula is C22H15BrClN3O2. The molecular weight excluding hydrogens is 454 g/mol. The van der Waals surface area contributed by atoms with E-state index >= 15 is 0 Å². The molecule has 1 atom stereocenters. The fraction of sp³-hybridized carbons (Fsp3) is 0.0909. The molecule has 3 heterocycles. The molecule has 2 aromatic carbocycles. The molecule has 0 spiro atoms. The lowest BCUT2D eigenvalue weighted by Gasteiger charge is -2.25. The minimum absolute atomic E-state index is 0.103. The number of hydrogen-bond acceptors (Lipinski definition) is 3. The van der Waals surface area contributed by atoms with Crippen molar-refractivity contribution < 1.29 is 9.21 Å². The summed E-state index contributed by atoms with van der Waals surface area (Å²) in [5.74, 6) is 0.624. The highest BCUT2D eigenvalue weighted by Gasteiger charge is 2.42. The summed E-state index contributed by atoms with van der Waals surface area (Å²) >= 11 is 9.60. The number of hydrogen-bond donors (Lipinski definition) is 1. The summed E-state index contributed by atoms with van der Waals surface area (Å²) in [5.41, 5.74) is 4.01. The van der Waals surface area contributed by atoms with Gasteiger partial charge in [0.2, 0.25) is 0 Å². The minimum Gasteiger partial charge on any atom is -0.467 e. The average Bonchev–Trinajstić information content (AvgIpc) is 3.43. The highest BCUT2D eigenvalue weighted by Crippen LogP contribution is 2.44. The van der Waals surface area contributed by atoms with E-state index in [0.29, 0.717) is 17.3 Å². The van der Waals surface area contributed by atoms with Crippen LogP contribution < -0.4 is 0 Å². The standard InChI is InChI=1S/C22H15BrClN3O2/c23-15-4-1-3-14(11-15)21-18-19(13-6-8-16(24)9-7-13)25-26-20(18)22(28)27(21)12-17-5-2-10-29-17/h1-11,21H,12H2,(H,25,26). The van der Waals surface area contributed by atoms with Gasteiger partial charge in [-0.2, -0.15) is 5.10 Å².